The van der Waals surface area contributed by atoms with Gasteiger partial charge in [0.2, 0.25) is 0 Å². The quantitative estimate of drug-likeness (QED) is 0.812. The van der Waals surface area contributed by atoms with Gasteiger partial charge in [0.05, 0.1) is 23.4 Å². The fraction of sp³-hybridized carbons (Fsp3) is 0.273. The van der Waals surface area contributed by atoms with Crippen molar-refractivity contribution < 1.29 is 27.9 Å². The fourth-order valence-corrected chi connectivity index (χ4v) is 1.80. The molecule has 1 aromatic rings. The van der Waals surface area contributed by atoms with Gasteiger partial charge in [0.15, 0.2) is 0 Å². The Bertz CT molecular complexity index is 525. The number of anilines is 1. The van der Waals surface area contributed by atoms with Crippen LogP contribution in [0.15, 0.2) is 18.2 Å². The van der Waals surface area contributed by atoms with Crippen molar-refractivity contribution in [1.29, 1.82) is 0 Å². The lowest BCUT2D eigenvalue weighted by molar-refractivity contribution is -0.137. The Labute approximate surface area is 99.6 Å². The number of ketones is 1. The number of fused-ring (bicyclic) bond motifs is 1. The van der Waals surface area contributed by atoms with Crippen LogP contribution in [0.2, 0.25) is 0 Å². The van der Waals surface area contributed by atoms with Crippen LogP contribution in [0.5, 0.6) is 0 Å². The number of carbonyl (C=O) groups is 2. The van der Waals surface area contributed by atoms with E-state index in [-0.39, 0.29) is 24.4 Å². The molecule has 0 aliphatic carbocycles. The second-order valence-electron chi connectivity index (χ2n) is 3.74. The molecule has 0 saturated carbocycles. The van der Waals surface area contributed by atoms with Crippen LogP contribution in [0.25, 0.3) is 0 Å². The molecule has 0 unspecified atom stereocenters. The topological polar surface area (TPSA) is 57.6 Å². The number of alkyl halides is 3. The molecule has 7 heteroatoms. The highest BCUT2D eigenvalue weighted by atomic mass is 19.4. The molecule has 0 atom stereocenters. The summed E-state index contributed by atoms with van der Waals surface area (Å²) in [7, 11) is 0. The van der Waals surface area contributed by atoms with Crippen molar-refractivity contribution in [3.8, 4) is 0 Å². The molecule has 96 valence electrons. The summed E-state index contributed by atoms with van der Waals surface area (Å²) in [4.78, 5) is 24.0. The Kier molecular flexibility index (Phi) is 2.86. The first-order valence-corrected chi connectivity index (χ1v) is 5.04. The predicted molar refractivity (Wildman–Crippen MR) is 55.2 cm³/mol. The molecule has 0 fully saturated rings. The van der Waals surface area contributed by atoms with Crippen molar-refractivity contribution in [1.82, 2.24) is 0 Å². The molecular formula is C11H8F3NO3. The molecule has 18 heavy (non-hydrogen) atoms. The van der Waals surface area contributed by atoms with Crippen LogP contribution in [-0.2, 0) is 11.0 Å². The van der Waals surface area contributed by atoms with Gasteiger partial charge in [-0.05, 0) is 18.2 Å². The SMILES string of the molecule is O=C1C(=O)N(CCO)c2ccc(C(F)(F)F)cc21. The van der Waals surface area contributed by atoms with Crippen LogP contribution < -0.4 is 4.90 Å². The molecular weight excluding hydrogens is 251 g/mol. The Morgan fingerprint density at radius 2 is 1.89 bits per heavy atom. The van der Waals surface area contributed by atoms with E-state index in [0.29, 0.717) is 6.07 Å². The standard InChI is InChI=1S/C11H8F3NO3/c12-11(13,14)6-1-2-8-7(5-6)9(17)10(18)15(8)3-4-16/h1-2,5,16H,3-4H2. The zero-order chi connectivity index (χ0) is 13.5. The first kappa shape index (κ1) is 12.6. The lowest BCUT2D eigenvalue weighted by atomic mass is 10.1. The Morgan fingerprint density at radius 1 is 1.22 bits per heavy atom. The zero-order valence-corrected chi connectivity index (χ0v) is 8.99. The first-order valence-electron chi connectivity index (χ1n) is 5.04. The van der Waals surface area contributed by atoms with E-state index in [1.165, 1.54) is 0 Å². The molecule has 1 N–H and O–H groups in total. The second kappa shape index (κ2) is 4.09. The van der Waals surface area contributed by atoms with E-state index in [1.807, 2.05) is 0 Å². The summed E-state index contributed by atoms with van der Waals surface area (Å²) in [6.07, 6.45) is -4.57. The fourth-order valence-electron chi connectivity index (χ4n) is 1.80. The minimum absolute atomic E-state index is 0.104. The van der Waals surface area contributed by atoms with Gasteiger partial charge >= 0.3 is 6.18 Å². The Balaban J connectivity index is 2.50. The zero-order valence-electron chi connectivity index (χ0n) is 8.99. The third kappa shape index (κ3) is 1.86. The smallest absolute Gasteiger partial charge is 0.395 e. The molecule has 2 rings (SSSR count). The normalized spacial score (nSPS) is 15.2. The lowest BCUT2D eigenvalue weighted by Gasteiger charge is -2.15. The van der Waals surface area contributed by atoms with Gasteiger partial charge in [-0.3, -0.25) is 9.59 Å². The van der Waals surface area contributed by atoms with Gasteiger partial charge in [-0.25, -0.2) is 0 Å². The van der Waals surface area contributed by atoms with Crippen molar-refractivity contribution in [3.05, 3.63) is 29.3 Å². The maximum absolute atomic E-state index is 12.5. The lowest BCUT2D eigenvalue weighted by Crippen LogP contribution is -2.32. The van der Waals surface area contributed by atoms with Gasteiger partial charge in [0, 0.05) is 6.54 Å². The minimum Gasteiger partial charge on any atom is -0.395 e. The van der Waals surface area contributed by atoms with Gasteiger partial charge in [-0.2, -0.15) is 13.2 Å². The highest BCUT2D eigenvalue weighted by molar-refractivity contribution is 6.52. The number of aliphatic hydroxyl groups is 1. The number of rotatable bonds is 2. The maximum atomic E-state index is 12.5. The van der Waals surface area contributed by atoms with Gasteiger partial charge in [0.25, 0.3) is 11.7 Å². The average molecular weight is 259 g/mol. The van der Waals surface area contributed by atoms with E-state index in [9.17, 15) is 22.8 Å². The van der Waals surface area contributed by atoms with E-state index in [1.54, 1.807) is 0 Å². The van der Waals surface area contributed by atoms with Crippen molar-refractivity contribution in [3.63, 3.8) is 0 Å². The van der Waals surface area contributed by atoms with Crippen molar-refractivity contribution in [2.45, 2.75) is 6.18 Å². The molecule has 0 saturated heterocycles. The molecule has 1 aliphatic rings. The van der Waals surface area contributed by atoms with Crippen molar-refractivity contribution in [2.75, 3.05) is 18.1 Å². The molecule has 0 aromatic heterocycles. The number of carbonyl (C=O) groups excluding carboxylic acids is 2. The number of halogens is 3. The first-order chi connectivity index (χ1) is 8.36. The average Bonchev–Trinajstić information content (AvgIpc) is 2.54. The summed E-state index contributed by atoms with van der Waals surface area (Å²) in [6.45, 7) is -0.498. The minimum atomic E-state index is -4.57. The maximum Gasteiger partial charge on any atom is 0.416 e. The van der Waals surface area contributed by atoms with Crippen LogP contribution in [-0.4, -0.2) is 29.9 Å². The van der Waals surface area contributed by atoms with Gasteiger partial charge in [0.1, 0.15) is 0 Å². The largest absolute Gasteiger partial charge is 0.416 e. The molecule has 4 nitrogen and oxygen atoms in total. The number of β-amino-alcohol motifs (C(OH)–C–C–N with tert-alkyl or cyclic N) is 1. The number of hydrogen-bond donors (Lipinski definition) is 1. The third-order valence-electron chi connectivity index (χ3n) is 2.62. The second-order valence-corrected chi connectivity index (χ2v) is 3.74. The predicted octanol–water partition coefficient (Wildman–Crippen LogP) is 1.23. The summed E-state index contributed by atoms with van der Waals surface area (Å²) in [5, 5.41) is 8.75. The monoisotopic (exact) mass is 259 g/mol. The van der Waals surface area contributed by atoms with Gasteiger partial charge < -0.3 is 10.0 Å². The molecule has 1 aliphatic heterocycles. The molecule has 0 radical (unpaired) electrons. The number of aliphatic hydroxyl groups excluding tert-OH is 1. The number of amides is 1. The molecule has 1 aromatic carbocycles. The molecule has 0 spiro atoms. The van der Waals surface area contributed by atoms with E-state index < -0.39 is 23.4 Å². The van der Waals surface area contributed by atoms with Crippen LogP contribution in [0.4, 0.5) is 18.9 Å². The molecule has 1 heterocycles. The molecule has 0 bridgehead atoms. The van der Waals surface area contributed by atoms with Crippen LogP contribution in [0.3, 0.4) is 0 Å². The summed E-state index contributed by atoms with van der Waals surface area (Å²) < 4.78 is 37.4. The third-order valence-corrected chi connectivity index (χ3v) is 2.62. The van der Waals surface area contributed by atoms with Crippen LogP contribution in [0, 0.1) is 0 Å². The summed E-state index contributed by atoms with van der Waals surface area (Å²) in [5.74, 6) is -1.90. The number of benzene rings is 1. The Morgan fingerprint density at radius 3 is 2.44 bits per heavy atom. The van der Waals surface area contributed by atoms with Gasteiger partial charge in [-0.1, -0.05) is 0 Å². The van der Waals surface area contributed by atoms with E-state index in [4.69, 9.17) is 5.11 Å². The van der Waals surface area contributed by atoms with Crippen LogP contribution in [0.1, 0.15) is 15.9 Å². The number of nitrogens with zero attached hydrogens (tertiary/aromatic N) is 1. The van der Waals surface area contributed by atoms with Gasteiger partial charge in [-0.15, -0.1) is 0 Å². The summed E-state index contributed by atoms with van der Waals surface area (Å²) in [6, 6.07) is 2.53. The summed E-state index contributed by atoms with van der Waals surface area (Å²) in [5.41, 5.74) is -1.15. The highest BCUT2D eigenvalue weighted by Crippen LogP contribution is 2.35. The number of hydrogen-bond acceptors (Lipinski definition) is 3. The number of Topliss-reactive ketones (excluding diaryl/α,β-unsaturated/α-hetero) is 1. The summed E-state index contributed by atoms with van der Waals surface area (Å²) >= 11 is 0. The van der Waals surface area contributed by atoms with E-state index >= 15 is 0 Å². The molecule has 1 amide bonds. The van der Waals surface area contributed by atoms with Crippen molar-refractivity contribution in [2.24, 2.45) is 0 Å². The van der Waals surface area contributed by atoms with E-state index in [0.717, 1.165) is 17.0 Å². The van der Waals surface area contributed by atoms with Crippen LogP contribution >= 0.6 is 0 Å². The van der Waals surface area contributed by atoms with Crippen molar-refractivity contribution >= 4 is 17.4 Å². The Hall–Kier alpha value is -1.89. The highest BCUT2D eigenvalue weighted by Gasteiger charge is 2.38. The van der Waals surface area contributed by atoms with E-state index in [2.05, 4.69) is 0 Å².